The second-order valence-electron chi connectivity index (χ2n) is 6.92. The Morgan fingerprint density at radius 2 is 2.12 bits per heavy atom. The summed E-state index contributed by atoms with van der Waals surface area (Å²) in [4.78, 5) is 12.2. The van der Waals surface area contributed by atoms with Crippen molar-refractivity contribution in [3.8, 4) is 0 Å². The molecule has 1 aromatic rings. The Morgan fingerprint density at radius 1 is 1.35 bits per heavy atom. The van der Waals surface area contributed by atoms with E-state index in [-0.39, 0.29) is 29.8 Å². The van der Waals surface area contributed by atoms with Gasteiger partial charge in [-0.05, 0) is 24.5 Å². The van der Waals surface area contributed by atoms with Crippen molar-refractivity contribution in [1.29, 1.82) is 0 Å². The molecule has 1 atom stereocenters. The number of thioether (sulfide) groups is 1. The number of benzene rings is 1. The normalized spacial score (nSPS) is 22.0. The monoisotopic (exact) mass is 408 g/mol. The van der Waals surface area contributed by atoms with Crippen LogP contribution in [0.3, 0.4) is 0 Å². The van der Waals surface area contributed by atoms with Crippen LogP contribution in [0, 0.1) is 0 Å². The average Bonchev–Trinajstić information content (AvgIpc) is 2.54. The zero-order chi connectivity index (χ0) is 17.9. The fraction of sp³-hybridized carbons (Fsp3) is 0.611. The molecule has 2 N–H and O–H groups in total. The molecule has 0 bridgehead atoms. The van der Waals surface area contributed by atoms with Gasteiger partial charge in [0, 0.05) is 42.5 Å². The molecular weight excluding hydrogens is 385 g/mol. The van der Waals surface area contributed by atoms with Crippen LogP contribution in [0.4, 0.5) is 13.2 Å². The van der Waals surface area contributed by atoms with Crippen molar-refractivity contribution in [2.45, 2.75) is 43.3 Å². The van der Waals surface area contributed by atoms with Gasteiger partial charge < -0.3 is 10.6 Å². The zero-order valence-corrected chi connectivity index (χ0v) is 16.0. The summed E-state index contributed by atoms with van der Waals surface area (Å²) in [6.07, 6.45) is -1.31. The van der Waals surface area contributed by atoms with Crippen LogP contribution in [0.2, 0.25) is 0 Å². The van der Waals surface area contributed by atoms with Crippen molar-refractivity contribution in [3.05, 3.63) is 35.4 Å². The summed E-state index contributed by atoms with van der Waals surface area (Å²) in [6.45, 7) is 1.32. The minimum absolute atomic E-state index is 0. The van der Waals surface area contributed by atoms with Crippen LogP contribution in [0.15, 0.2) is 24.3 Å². The second-order valence-corrected chi connectivity index (χ2v) is 8.07. The first-order valence-corrected chi connectivity index (χ1v) is 9.80. The second kappa shape index (κ2) is 8.85. The molecule has 1 saturated carbocycles. The van der Waals surface area contributed by atoms with Crippen LogP contribution >= 0.6 is 24.2 Å². The summed E-state index contributed by atoms with van der Waals surface area (Å²) in [5.41, 5.74) is -0.294. The molecule has 8 heteroatoms. The molecule has 26 heavy (non-hydrogen) atoms. The molecule has 1 aromatic carbocycles. The minimum Gasteiger partial charge on any atom is -0.355 e. The lowest BCUT2D eigenvalue weighted by molar-refractivity contribution is -0.137. The quantitative estimate of drug-likeness (QED) is 0.779. The average molecular weight is 409 g/mol. The minimum atomic E-state index is -4.34. The lowest BCUT2D eigenvalue weighted by Crippen LogP contribution is -2.47. The fourth-order valence-electron chi connectivity index (χ4n) is 3.51. The third-order valence-electron chi connectivity index (χ3n) is 5.17. The molecule has 1 aliphatic heterocycles. The van der Waals surface area contributed by atoms with E-state index in [0.29, 0.717) is 18.5 Å². The summed E-state index contributed by atoms with van der Waals surface area (Å²) in [6, 6.07) is 5.74. The van der Waals surface area contributed by atoms with Gasteiger partial charge in [-0.15, -0.1) is 12.4 Å². The van der Waals surface area contributed by atoms with E-state index in [1.54, 1.807) is 6.07 Å². The molecule has 1 heterocycles. The first-order chi connectivity index (χ1) is 11.9. The Bertz CT molecular complexity index is 617. The number of alkyl halides is 3. The number of carbonyl (C=O) groups excluding carboxylic acids is 1. The van der Waals surface area contributed by atoms with E-state index in [1.165, 1.54) is 12.1 Å². The number of rotatable bonds is 5. The van der Waals surface area contributed by atoms with Gasteiger partial charge in [-0.3, -0.25) is 4.79 Å². The number of halogens is 4. The van der Waals surface area contributed by atoms with Crippen LogP contribution in [0.5, 0.6) is 0 Å². The molecular formula is C18H24ClF3N2OS. The lowest BCUT2D eigenvalue weighted by atomic mass is 9.64. The van der Waals surface area contributed by atoms with E-state index in [9.17, 15) is 18.0 Å². The topological polar surface area (TPSA) is 41.1 Å². The molecule has 1 unspecified atom stereocenters. The lowest BCUT2D eigenvalue weighted by Gasteiger charge is -2.43. The maximum Gasteiger partial charge on any atom is 0.416 e. The van der Waals surface area contributed by atoms with E-state index in [1.807, 2.05) is 11.8 Å². The number of nitrogens with one attached hydrogen (secondary N) is 2. The highest BCUT2D eigenvalue weighted by atomic mass is 35.5. The maximum atomic E-state index is 13.0. The van der Waals surface area contributed by atoms with Crippen LogP contribution in [0.1, 0.15) is 36.8 Å². The Morgan fingerprint density at radius 3 is 2.69 bits per heavy atom. The zero-order valence-electron chi connectivity index (χ0n) is 14.4. The van der Waals surface area contributed by atoms with Gasteiger partial charge in [0.15, 0.2) is 0 Å². The number of hydrogen-bond acceptors (Lipinski definition) is 3. The van der Waals surface area contributed by atoms with Crippen molar-refractivity contribution in [2.75, 3.05) is 24.6 Å². The number of carbonyl (C=O) groups is 1. The third kappa shape index (κ3) is 5.08. The van der Waals surface area contributed by atoms with Gasteiger partial charge in [-0.2, -0.15) is 24.9 Å². The first kappa shape index (κ1) is 21.4. The molecule has 3 nitrogen and oxygen atoms in total. The smallest absolute Gasteiger partial charge is 0.355 e. The summed E-state index contributed by atoms with van der Waals surface area (Å²) < 4.78 is 38.9. The van der Waals surface area contributed by atoms with Crippen molar-refractivity contribution in [2.24, 2.45) is 0 Å². The molecule has 1 aliphatic carbocycles. The molecule has 0 aromatic heterocycles. The van der Waals surface area contributed by atoms with E-state index in [2.05, 4.69) is 10.6 Å². The van der Waals surface area contributed by atoms with Gasteiger partial charge in [0.2, 0.25) is 5.91 Å². The Labute approximate surface area is 162 Å². The van der Waals surface area contributed by atoms with E-state index >= 15 is 0 Å². The summed E-state index contributed by atoms with van der Waals surface area (Å²) in [7, 11) is 0. The largest absolute Gasteiger partial charge is 0.416 e. The predicted molar refractivity (Wildman–Crippen MR) is 101 cm³/mol. The molecule has 2 aliphatic rings. The Hall–Kier alpha value is -0.920. The number of amides is 1. The first-order valence-electron chi connectivity index (χ1n) is 8.65. The van der Waals surface area contributed by atoms with Gasteiger partial charge in [-0.25, -0.2) is 0 Å². The highest BCUT2D eigenvalue weighted by molar-refractivity contribution is 7.99. The van der Waals surface area contributed by atoms with E-state index in [4.69, 9.17) is 0 Å². The van der Waals surface area contributed by atoms with Crippen molar-refractivity contribution in [1.82, 2.24) is 10.6 Å². The summed E-state index contributed by atoms with van der Waals surface area (Å²) in [5, 5.41) is 6.28. The molecule has 1 amide bonds. The van der Waals surface area contributed by atoms with Gasteiger partial charge in [0.05, 0.1) is 5.56 Å². The summed E-state index contributed by atoms with van der Waals surface area (Å²) in [5.74, 6) is 1.96. The van der Waals surface area contributed by atoms with Crippen molar-refractivity contribution >= 4 is 30.1 Å². The highest BCUT2D eigenvalue weighted by Crippen LogP contribution is 2.44. The predicted octanol–water partition coefficient (Wildman–Crippen LogP) is 3.76. The Kier molecular flexibility index (Phi) is 7.27. The highest BCUT2D eigenvalue weighted by Gasteiger charge is 2.40. The maximum absolute atomic E-state index is 13.0. The van der Waals surface area contributed by atoms with Gasteiger partial charge in [0.25, 0.3) is 0 Å². The van der Waals surface area contributed by atoms with Gasteiger partial charge in [0.1, 0.15) is 0 Å². The van der Waals surface area contributed by atoms with Crippen LogP contribution in [0.25, 0.3) is 0 Å². The Balaban J connectivity index is 0.00000243. The molecule has 1 saturated heterocycles. The van der Waals surface area contributed by atoms with Gasteiger partial charge >= 0.3 is 6.18 Å². The van der Waals surface area contributed by atoms with Crippen LogP contribution in [-0.2, 0) is 16.4 Å². The SMILES string of the molecule is Cl.O=C(CC1CSCCN1)NCC1(c2cccc(C(F)(F)F)c2)CCC1. The molecule has 3 rings (SSSR count). The van der Waals surface area contributed by atoms with Crippen molar-refractivity contribution < 1.29 is 18.0 Å². The van der Waals surface area contributed by atoms with Crippen LogP contribution < -0.4 is 10.6 Å². The fourth-order valence-corrected chi connectivity index (χ4v) is 4.46. The number of hydrogen-bond donors (Lipinski definition) is 2. The molecule has 0 spiro atoms. The standard InChI is InChI=1S/C18H23F3N2OS.ClH/c19-18(20,21)14-4-1-3-13(9-14)17(5-2-6-17)12-23-16(24)10-15-11-25-8-7-22-15;/h1,3-4,9,15,22H,2,5-8,10-12H2,(H,23,24);1H. The molecule has 2 fully saturated rings. The molecule has 146 valence electrons. The van der Waals surface area contributed by atoms with Crippen molar-refractivity contribution in [3.63, 3.8) is 0 Å². The van der Waals surface area contributed by atoms with Crippen LogP contribution in [-0.4, -0.2) is 36.5 Å². The van der Waals surface area contributed by atoms with E-state index < -0.39 is 11.7 Å². The van der Waals surface area contributed by atoms with Gasteiger partial charge in [-0.1, -0.05) is 24.6 Å². The third-order valence-corrected chi connectivity index (χ3v) is 6.30. The molecule has 0 radical (unpaired) electrons. The van der Waals surface area contributed by atoms with E-state index in [0.717, 1.165) is 43.4 Å². The summed E-state index contributed by atoms with van der Waals surface area (Å²) >= 11 is 1.84.